The summed E-state index contributed by atoms with van der Waals surface area (Å²) in [7, 11) is 0. The van der Waals surface area contributed by atoms with Crippen LogP contribution in [0.25, 0.3) is 0 Å². The lowest BCUT2D eigenvalue weighted by Gasteiger charge is -2.21. The van der Waals surface area contributed by atoms with Crippen LogP contribution in [0, 0.1) is 0 Å². The maximum atomic E-state index is 12.5. The Balaban J connectivity index is 2.23. The van der Waals surface area contributed by atoms with E-state index in [1.165, 1.54) is 0 Å². The number of hydrogen-bond donors (Lipinski definition) is 0. The largest absolute Gasteiger partial charge is 0.292 e. The Hall–Kier alpha value is -1.60. The van der Waals surface area contributed by atoms with Crippen LogP contribution in [0.5, 0.6) is 0 Å². The lowest BCUT2D eigenvalue weighted by atomic mass is 9.87. The molecule has 2 aromatic rings. The molecule has 0 heterocycles. The molecule has 20 heavy (non-hydrogen) atoms. The summed E-state index contributed by atoms with van der Waals surface area (Å²) in [5.41, 5.74) is 1.82. The van der Waals surface area contributed by atoms with Crippen molar-refractivity contribution >= 4 is 17.4 Å². The number of Topliss-reactive ketones (excluding diaryl/α,β-unsaturated/α-hetero) is 1. The van der Waals surface area contributed by atoms with Gasteiger partial charge < -0.3 is 0 Å². The first kappa shape index (κ1) is 14.8. The van der Waals surface area contributed by atoms with E-state index >= 15 is 0 Å². The Morgan fingerprint density at radius 2 is 1.55 bits per heavy atom. The maximum absolute atomic E-state index is 12.5. The van der Waals surface area contributed by atoms with Crippen LogP contribution in [0.3, 0.4) is 0 Å². The SMILES string of the molecule is CCCC(c1ccccc1)C(Cl)C(=O)c1ccccc1. The third-order valence-electron chi connectivity index (χ3n) is 3.49. The molecule has 1 nitrogen and oxygen atoms in total. The minimum Gasteiger partial charge on any atom is -0.292 e. The molecule has 0 aliphatic rings. The zero-order valence-corrected chi connectivity index (χ0v) is 12.4. The van der Waals surface area contributed by atoms with Crippen LogP contribution in [-0.2, 0) is 0 Å². The highest BCUT2D eigenvalue weighted by Gasteiger charge is 2.27. The minimum atomic E-state index is -0.514. The highest BCUT2D eigenvalue weighted by Crippen LogP contribution is 2.30. The molecule has 0 fully saturated rings. The van der Waals surface area contributed by atoms with E-state index in [1.54, 1.807) is 0 Å². The van der Waals surface area contributed by atoms with Crippen LogP contribution in [0.15, 0.2) is 60.7 Å². The van der Waals surface area contributed by atoms with E-state index in [0.717, 1.165) is 18.4 Å². The molecule has 2 aromatic carbocycles. The summed E-state index contributed by atoms with van der Waals surface area (Å²) in [5, 5.41) is -0.514. The number of halogens is 1. The predicted octanol–water partition coefficient (Wildman–Crippen LogP) is 5.06. The Kier molecular flexibility index (Phi) is 5.37. The molecule has 0 radical (unpaired) electrons. The van der Waals surface area contributed by atoms with Gasteiger partial charge in [-0.15, -0.1) is 11.6 Å². The fourth-order valence-corrected chi connectivity index (χ4v) is 2.84. The van der Waals surface area contributed by atoms with E-state index in [2.05, 4.69) is 6.92 Å². The first-order chi connectivity index (χ1) is 9.74. The molecule has 2 atom stereocenters. The van der Waals surface area contributed by atoms with Gasteiger partial charge >= 0.3 is 0 Å². The monoisotopic (exact) mass is 286 g/mol. The van der Waals surface area contributed by atoms with Gasteiger partial charge in [-0.25, -0.2) is 0 Å². The van der Waals surface area contributed by atoms with E-state index in [1.807, 2.05) is 60.7 Å². The predicted molar refractivity (Wildman–Crippen MR) is 84.5 cm³/mol. The lowest BCUT2D eigenvalue weighted by molar-refractivity contribution is 0.0976. The minimum absolute atomic E-state index is 0.00886. The van der Waals surface area contributed by atoms with Gasteiger partial charge in [-0.05, 0) is 12.0 Å². The number of carbonyl (C=O) groups excluding carboxylic acids is 1. The van der Waals surface area contributed by atoms with Crippen molar-refractivity contribution in [3.8, 4) is 0 Å². The number of ketones is 1. The van der Waals surface area contributed by atoms with Gasteiger partial charge in [-0.3, -0.25) is 4.79 Å². The van der Waals surface area contributed by atoms with Gasteiger partial charge in [0.15, 0.2) is 5.78 Å². The molecule has 2 rings (SSSR count). The summed E-state index contributed by atoms with van der Waals surface area (Å²) in [6.07, 6.45) is 1.92. The summed E-state index contributed by atoms with van der Waals surface area (Å²) in [6.45, 7) is 2.12. The van der Waals surface area contributed by atoms with E-state index in [0.29, 0.717) is 5.56 Å². The van der Waals surface area contributed by atoms with Gasteiger partial charge in [-0.2, -0.15) is 0 Å². The van der Waals surface area contributed by atoms with Gasteiger partial charge in [0.25, 0.3) is 0 Å². The summed E-state index contributed by atoms with van der Waals surface area (Å²) in [5.74, 6) is 0.0742. The topological polar surface area (TPSA) is 17.1 Å². The van der Waals surface area contributed by atoms with Crippen molar-refractivity contribution in [2.75, 3.05) is 0 Å². The molecule has 0 amide bonds. The summed E-state index contributed by atoms with van der Waals surface area (Å²) < 4.78 is 0. The molecular formula is C18H19ClO. The van der Waals surface area contributed by atoms with Gasteiger partial charge in [0.05, 0.1) is 0 Å². The number of benzene rings is 2. The Morgan fingerprint density at radius 3 is 2.10 bits per heavy atom. The van der Waals surface area contributed by atoms with Crippen LogP contribution >= 0.6 is 11.6 Å². The molecule has 0 aliphatic heterocycles. The quantitative estimate of drug-likeness (QED) is 0.536. The number of rotatable bonds is 6. The highest BCUT2D eigenvalue weighted by atomic mass is 35.5. The molecule has 0 bridgehead atoms. The van der Waals surface area contributed by atoms with Gasteiger partial charge in [0.2, 0.25) is 0 Å². The average Bonchev–Trinajstić information content (AvgIpc) is 2.53. The summed E-state index contributed by atoms with van der Waals surface area (Å²) in [6, 6.07) is 19.4. The van der Waals surface area contributed by atoms with E-state index < -0.39 is 5.38 Å². The van der Waals surface area contributed by atoms with E-state index in [-0.39, 0.29) is 11.7 Å². The Bertz CT molecular complexity index is 536. The molecule has 0 aromatic heterocycles. The Labute approximate surface area is 125 Å². The van der Waals surface area contributed by atoms with Crippen LogP contribution in [0.1, 0.15) is 41.6 Å². The van der Waals surface area contributed by atoms with Crippen molar-refractivity contribution in [2.24, 2.45) is 0 Å². The highest BCUT2D eigenvalue weighted by molar-refractivity contribution is 6.34. The van der Waals surface area contributed by atoms with Crippen LogP contribution < -0.4 is 0 Å². The Morgan fingerprint density at radius 1 is 1.00 bits per heavy atom. The molecule has 0 saturated heterocycles. The van der Waals surface area contributed by atoms with Crippen molar-refractivity contribution in [2.45, 2.75) is 31.1 Å². The first-order valence-corrected chi connectivity index (χ1v) is 7.46. The van der Waals surface area contributed by atoms with Gasteiger partial charge in [-0.1, -0.05) is 74.0 Å². The molecule has 0 spiro atoms. The fourth-order valence-electron chi connectivity index (χ4n) is 2.44. The smallest absolute Gasteiger partial charge is 0.181 e. The molecule has 2 heteroatoms. The third kappa shape index (κ3) is 3.49. The van der Waals surface area contributed by atoms with Crippen molar-refractivity contribution in [1.82, 2.24) is 0 Å². The maximum Gasteiger partial charge on any atom is 0.181 e. The van der Waals surface area contributed by atoms with Crippen LogP contribution in [-0.4, -0.2) is 11.2 Å². The number of carbonyl (C=O) groups is 1. The summed E-state index contributed by atoms with van der Waals surface area (Å²) in [4.78, 5) is 12.5. The normalized spacial score (nSPS) is 13.7. The van der Waals surface area contributed by atoms with Crippen molar-refractivity contribution in [3.63, 3.8) is 0 Å². The second kappa shape index (κ2) is 7.25. The lowest BCUT2D eigenvalue weighted by Crippen LogP contribution is -2.23. The van der Waals surface area contributed by atoms with Gasteiger partial charge in [0, 0.05) is 11.5 Å². The molecule has 0 aliphatic carbocycles. The van der Waals surface area contributed by atoms with Gasteiger partial charge in [0.1, 0.15) is 5.38 Å². The van der Waals surface area contributed by atoms with E-state index in [9.17, 15) is 4.79 Å². The van der Waals surface area contributed by atoms with Crippen molar-refractivity contribution in [1.29, 1.82) is 0 Å². The van der Waals surface area contributed by atoms with Crippen LogP contribution in [0.4, 0.5) is 0 Å². The second-order valence-electron chi connectivity index (χ2n) is 4.94. The van der Waals surface area contributed by atoms with Crippen molar-refractivity contribution < 1.29 is 4.79 Å². The summed E-state index contributed by atoms with van der Waals surface area (Å²) >= 11 is 6.50. The molecule has 0 saturated carbocycles. The average molecular weight is 287 g/mol. The fraction of sp³-hybridized carbons (Fsp3) is 0.278. The second-order valence-corrected chi connectivity index (χ2v) is 5.41. The van der Waals surface area contributed by atoms with Crippen LogP contribution in [0.2, 0.25) is 0 Å². The zero-order chi connectivity index (χ0) is 14.4. The molecule has 2 unspecified atom stereocenters. The molecular weight excluding hydrogens is 268 g/mol. The number of alkyl halides is 1. The number of hydrogen-bond acceptors (Lipinski definition) is 1. The molecule has 0 N–H and O–H groups in total. The molecule has 104 valence electrons. The third-order valence-corrected chi connectivity index (χ3v) is 3.99. The van der Waals surface area contributed by atoms with E-state index in [4.69, 9.17) is 11.6 Å². The zero-order valence-electron chi connectivity index (χ0n) is 11.6. The first-order valence-electron chi connectivity index (χ1n) is 7.02. The standard InChI is InChI=1S/C18H19ClO/c1-2-9-16(14-10-5-3-6-11-14)17(19)18(20)15-12-7-4-8-13-15/h3-8,10-13,16-17H,2,9H2,1H3. The van der Waals surface area contributed by atoms with Crippen molar-refractivity contribution in [3.05, 3.63) is 71.8 Å².